The van der Waals surface area contributed by atoms with Crippen molar-refractivity contribution in [1.82, 2.24) is 24.2 Å². The lowest BCUT2D eigenvalue weighted by Gasteiger charge is -2.09. The predicted molar refractivity (Wildman–Crippen MR) is 111 cm³/mol. The van der Waals surface area contributed by atoms with Crippen LogP contribution in [0.2, 0.25) is 0 Å². The van der Waals surface area contributed by atoms with Gasteiger partial charge in [0.15, 0.2) is 5.65 Å². The van der Waals surface area contributed by atoms with Gasteiger partial charge in [-0.1, -0.05) is 12.1 Å². The molecule has 0 bridgehead atoms. The Balaban J connectivity index is 1.49. The average molecular weight is 447 g/mol. The molecule has 0 fully saturated rings. The van der Waals surface area contributed by atoms with Crippen molar-refractivity contribution in [2.75, 3.05) is 6.26 Å². The second-order valence-corrected chi connectivity index (χ2v) is 7.24. The first-order chi connectivity index (χ1) is 14.8. The Hall–Kier alpha value is -3.47. The Morgan fingerprint density at radius 2 is 2.06 bits per heavy atom. The molecule has 0 unspecified atom stereocenters. The molecule has 4 aromatic rings. The van der Waals surface area contributed by atoms with Crippen LogP contribution in [0.4, 0.5) is 13.2 Å². The summed E-state index contributed by atoms with van der Waals surface area (Å²) in [6.45, 7) is 0.171. The third kappa shape index (κ3) is 5.00. The molecule has 0 atom stereocenters. The first-order valence-electron chi connectivity index (χ1n) is 9.03. The van der Waals surface area contributed by atoms with Gasteiger partial charge in [-0.15, -0.1) is 13.2 Å². The van der Waals surface area contributed by atoms with Gasteiger partial charge in [-0.25, -0.2) is 9.97 Å². The molecule has 0 spiro atoms. The summed E-state index contributed by atoms with van der Waals surface area (Å²) in [4.78, 5) is 24.1. The number of nitrogens with one attached hydrogen (secondary N) is 2. The number of aromatic nitrogens is 4. The number of imidazole rings is 1. The Morgan fingerprint density at radius 3 is 2.81 bits per heavy atom. The molecular weight excluding hydrogens is 431 g/mol. The SMILES string of the molecule is CSn1ccc(C(=O)NCc2nc3nc(-c4cccc(OC(F)(F)F)c4)ccc3[nH]2)c1. The van der Waals surface area contributed by atoms with Crippen molar-refractivity contribution >= 4 is 29.0 Å². The lowest BCUT2D eigenvalue weighted by atomic mass is 10.1. The number of benzene rings is 1. The number of rotatable bonds is 6. The van der Waals surface area contributed by atoms with Crippen LogP contribution >= 0.6 is 11.9 Å². The monoisotopic (exact) mass is 447 g/mol. The van der Waals surface area contributed by atoms with Crippen molar-refractivity contribution in [3.05, 3.63) is 66.2 Å². The minimum absolute atomic E-state index is 0.171. The Labute approximate surface area is 178 Å². The molecular formula is C20H16F3N5O2S. The molecule has 0 saturated carbocycles. The van der Waals surface area contributed by atoms with E-state index < -0.39 is 6.36 Å². The molecule has 1 aromatic carbocycles. The van der Waals surface area contributed by atoms with Crippen LogP contribution in [0.3, 0.4) is 0 Å². The van der Waals surface area contributed by atoms with Crippen LogP contribution in [0.1, 0.15) is 16.2 Å². The van der Waals surface area contributed by atoms with Crippen LogP contribution in [-0.2, 0) is 6.54 Å². The molecule has 2 N–H and O–H groups in total. The number of nitrogens with zero attached hydrogens (tertiary/aromatic N) is 3. The van der Waals surface area contributed by atoms with Crippen LogP contribution < -0.4 is 10.1 Å². The number of amides is 1. The normalized spacial score (nSPS) is 11.6. The fraction of sp³-hybridized carbons (Fsp3) is 0.150. The maximum absolute atomic E-state index is 12.5. The van der Waals surface area contributed by atoms with Gasteiger partial charge < -0.3 is 15.0 Å². The van der Waals surface area contributed by atoms with Gasteiger partial charge in [0.05, 0.1) is 23.3 Å². The highest BCUT2D eigenvalue weighted by molar-refractivity contribution is 7.97. The number of halogens is 3. The van der Waals surface area contributed by atoms with E-state index in [9.17, 15) is 18.0 Å². The number of carbonyl (C=O) groups excluding carboxylic acids is 1. The second kappa shape index (κ2) is 8.34. The van der Waals surface area contributed by atoms with Crippen molar-refractivity contribution in [2.24, 2.45) is 0 Å². The summed E-state index contributed by atoms with van der Waals surface area (Å²) >= 11 is 1.47. The number of H-pyrrole nitrogens is 1. The summed E-state index contributed by atoms with van der Waals surface area (Å²) in [6, 6.07) is 10.7. The number of aromatic amines is 1. The van der Waals surface area contributed by atoms with Crippen molar-refractivity contribution in [1.29, 1.82) is 0 Å². The number of carbonyl (C=O) groups is 1. The molecule has 3 heterocycles. The zero-order valence-electron chi connectivity index (χ0n) is 16.1. The molecule has 31 heavy (non-hydrogen) atoms. The summed E-state index contributed by atoms with van der Waals surface area (Å²) in [5, 5.41) is 2.78. The van der Waals surface area contributed by atoms with Gasteiger partial charge in [0.2, 0.25) is 0 Å². The molecule has 0 aliphatic heterocycles. The van der Waals surface area contributed by atoms with Crippen molar-refractivity contribution in [2.45, 2.75) is 12.9 Å². The topological polar surface area (TPSA) is 84.8 Å². The van der Waals surface area contributed by atoms with Gasteiger partial charge in [-0.3, -0.25) is 8.77 Å². The first-order valence-corrected chi connectivity index (χ1v) is 10.2. The van der Waals surface area contributed by atoms with Crippen LogP contribution in [0.25, 0.3) is 22.4 Å². The maximum atomic E-state index is 12.5. The van der Waals surface area contributed by atoms with Crippen LogP contribution in [0.5, 0.6) is 5.75 Å². The molecule has 7 nitrogen and oxygen atoms in total. The van der Waals surface area contributed by atoms with Gasteiger partial charge in [-0.2, -0.15) is 0 Å². The van der Waals surface area contributed by atoms with E-state index in [-0.39, 0.29) is 18.2 Å². The highest BCUT2D eigenvalue weighted by Crippen LogP contribution is 2.28. The van der Waals surface area contributed by atoms with Crippen LogP contribution in [-0.4, -0.2) is 37.4 Å². The number of hydrogen-bond acceptors (Lipinski definition) is 5. The van der Waals surface area contributed by atoms with E-state index in [4.69, 9.17) is 0 Å². The molecule has 0 aliphatic rings. The summed E-state index contributed by atoms with van der Waals surface area (Å²) in [6.07, 6.45) is 0.649. The van der Waals surface area contributed by atoms with Gasteiger partial charge in [-0.05, 0) is 42.3 Å². The lowest BCUT2D eigenvalue weighted by Crippen LogP contribution is -2.22. The molecule has 0 saturated heterocycles. The van der Waals surface area contributed by atoms with E-state index in [1.807, 2.05) is 10.2 Å². The fourth-order valence-corrected chi connectivity index (χ4v) is 3.33. The predicted octanol–water partition coefficient (Wildman–Crippen LogP) is 4.38. The fourth-order valence-electron chi connectivity index (χ4n) is 2.93. The molecule has 0 aliphatic carbocycles. The molecule has 160 valence electrons. The van der Waals surface area contributed by atoms with E-state index in [0.717, 1.165) is 0 Å². The highest BCUT2D eigenvalue weighted by Gasteiger charge is 2.31. The highest BCUT2D eigenvalue weighted by atomic mass is 32.2. The summed E-state index contributed by atoms with van der Waals surface area (Å²) < 4.78 is 43.2. The number of alkyl halides is 3. The number of hydrogen-bond donors (Lipinski definition) is 2. The van der Waals surface area contributed by atoms with Gasteiger partial charge in [0.1, 0.15) is 11.6 Å². The quantitative estimate of drug-likeness (QED) is 0.458. The van der Waals surface area contributed by atoms with Gasteiger partial charge >= 0.3 is 6.36 Å². The Bertz CT molecular complexity index is 1240. The standard InChI is InChI=1S/C20H16F3N5O2S/c1-31-28-8-7-13(11-28)19(29)24-10-17-25-16-6-5-15(26-18(16)27-17)12-3-2-4-14(9-12)30-20(21,22)23/h2-9,11H,10H2,1H3,(H,24,29)(H,25,26,27). The Kier molecular flexibility index (Phi) is 5.59. The molecule has 11 heteroatoms. The third-order valence-electron chi connectivity index (χ3n) is 4.32. The first kappa shape index (κ1) is 20.8. The lowest BCUT2D eigenvalue weighted by molar-refractivity contribution is -0.274. The zero-order valence-corrected chi connectivity index (χ0v) is 16.9. The molecule has 0 radical (unpaired) electrons. The van der Waals surface area contributed by atoms with Crippen molar-refractivity contribution in [3.8, 4) is 17.0 Å². The number of pyridine rings is 1. The van der Waals surface area contributed by atoms with Crippen LogP contribution in [0, 0.1) is 0 Å². The second-order valence-electron chi connectivity index (χ2n) is 6.45. The number of fused-ring (bicyclic) bond motifs is 1. The molecule has 1 amide bonds. The van der Waals surface area contributed by atoms with Crippen molar-refractivity contribution < 1.29 is 22.7 Å². The summed E-state index contributed by atoms with van der Waals surface area (Å²) in [5.74, 6) is -0.0533. The molecule has 4 rings (SSSR count). The third-order valence-corrected chi connectivity index (χ3v) is 4.96. The van der Waals surface area contributed by atoms with Gasteiger partial charge in [0.25, 0.3) is 5.91 Å². The maximum Gasteiger partial charge on any atom is 0.573 e. The Morgan fingerprint density at radius 1 is 1.23 bits per heavy atom. The van der Waals surface area contributed by atoms with E-state index in [0.29, 0.717) is 33.8 Å². The van der Waals surface area contributed by atoms with Crippen LogP contribution in [0.15, 0.2) is 54.9 Å². The summed E-state index contributed by atoms with van der Waals surface area (Å²) in [5.41, 5.74) is 2.47. The summed E-state index contributed by atoms with van der Waals surface area (Å²) in [7, 11) is 0. The molecule has 3 aromatic heterocycles. The minimum atomic E-state index is -4.77. The minimum Gasteiger partial charge on any atom is -0.406 e. The average Bonchev–Trinajstić information content (AvgIpc) is 3.37. The zero-order chi connectivity index (χ0) is 22.0. The van der Waals surface area contributed by atoms with E-state index in [1.54, 1.807) is 36.7 Å². The largest absolute Gasteiger partial charge is 0.573 e. The van der Waals surface area contributed by atoms with E-state index >= 15 is 0 Å². The van der Waals surface area contributed by atoms with Crippen molar-refractivity contribution in [3.63, 3.8) is 0 Å². The van der Waals surface area contributed by atoms with Gasteiger partial charge in [0, 0.05) is 24.2 Å². The van der Waals surface area contributed by atoms with E-state index in [1.165, 1.54) is 30.1 Å². The smallest absolute Gasteiger partial charge is 0.406 e. The number of ether oxygens (including phenoxy) is 1. The van der Waals surface area contributed by atoms with E-state index in [2.05, 4.69) is 25.0 Å².